The fourth-order valence-electron chi connectivity index (χ4n) is 3.12. The van der Waals surface area contributed by atoms with Crippen molar-refractivity contribution in [2.45, 2.75) is 32.1 Å². The molecule has 0 radical (unpaired) electrons. The molecule has 22 heavy (non-hydrogen) atoms. The second kappa shape index (κ2) is 5.53. The van der Waals surface area contributed by atoms with Gasteiger partial charge in [0.1, 0.15) is 6.10 Å². The lowest BCUT2D eigenvalue weighted by atomic mass is 10.1. The van der Waals surface area contributed by atoms with Crippen molar-refractivity contribution in [1.82, 2.24) is 19.9 Å². The van der Waals surface area contributed by atoms with E-state index in [1.54, 1.807) is 0 Å². The van der Waals surface area contributed by atoms with E-state index >= 15 is 0 Å². The maximum atomic E-state index is 12.5. The number of fused-ring (bicyclic) bond motifs is 1. The number of carbonyl (C=O) groups is 1. The minimum absolute atomic E-state index is 0.0134. The summed E-state index contributed by atoms with van der Waals surface area (Å²) in [4.78, 5) is 14.3. The molecule has 1 atom stereocenters. The molecule has 3 heterocycles. The second-order valence-electron chi connectivity index (χ2n) is 5.78. The van der Waals surface area contributed by atoms with Crippen LogP contribution >= 0.6 is 0 Å². The Labute approximate surface area is 128 Å². The fraction of sp³-hybridized carbons (Fsp3) is 0.438. The molecular formula is C16H18N4O2. The summed E-state index contributed by atoms with van der Waals surface area (Å²) in [5.74, 6) is -0.0134. The lowest BCUT2D eigenvalue weighted by molar-refractivity contribution is -0.00191. The summed E-state index contributed by atoms with van der Waals surface area (Å²) < 4.78 is 7.74. The average molecular weight is 298 g/mol. The van der Waals surface area contributed by atoms with E-state index in [1.165, 1.54) is 0 Å². The number of aromatic nitrogens is 3. The molecule has 0 unspecified atom stereocenters. The number of carbonyl (C=O) groups excluding carboxylic acids is 1. The molecule has 2 aromatic rings. The van der Waals surface area contributed by atoms with Gasteiger partial charge in [0.2, 0.25) is 0 Å². The van der Waals surface area contributed by atoms with E-state index in [0.717, 1.165) is 37.2 Å². The predicted molar refractivity (Wildman–Crippen MR) is 79.1 cm³/mol. The molecule has 0 bridgehead atoms. The molecule has 1 fully saturated rings. The number of hydrogen-bond acceptors (Lipinski definition) is 4. The van der Waals surface area contributed by atoms with Crippen LogP contribution in [0.15, 0.2) is 30.3 Å². The van der Waals surface area contributed by atoms with Gasteiger partial charge in [0.05, 0.1) is 18.8 Å². The van der Waals surface area contributed by atoms with Crippen molar-refractivity contribution in [2.24, 2.45) is 0 Å². The van der Waals surface area contributed by atoms with Gasteiger partial charge in [-0.05, 0) is 18.4 Å². The van der Waals surface area contributed by atoms with Gasteiger partial charge in [-0.1, -0.05) is 35.5 Å². The van der Waals surface area contributed by atoms with E-state index in [-0.39, 0.29) is 12.0 Å². The van der Waals surface area contributed by atoms with Gasteiger partial charge in [0.25, 0.3) is 5.91 Å². The number of amides is 1. The largest absolute Gasteiger partial charge is 0.365 e. The number of rotatable bonds is 2. The van der Waals surface area contributed by atoms with Crippen LogP contribution in [0.2, 0.25) is 0 Å². The number of benzene rings is 1. The molecule has 2 aliphatic heterocycles. The molecule has 0 spiro atoms. The zero-order chi connectivity index (χ0) is 14.9. The maximum absolute atomic E-state index is 12.5. The van der Waals surface area contributed by atoms with Gasteiger partial charge in [0.15, 0.2) is 5.69 Å². The van der Waals surface area contributed by atoms with Gasteiger partial charge in [-0.15, -0.1) is 5.10 Å². The van der Waals surface area contributed by atoms with E-state index in [2.05, 4.69) is 10.3 Å². The Morgan fingerprint density at radius 2 is 1.95 bits per heavy atom. The second-order valence-corrected chi connectivity index (χ2v) is 5.78. The zero-order valence-electron chi connectivity index (χ0n) is 12.3. The summed E-state index contributed by atoms with van der Waals surface area (Å²) in [6.07, 6.45) is 2.11. The van der Waals surface area contributed by atoms with Crippen LogP contribution in [0.25, 0.3) is 0 Å². The van der Waals surface area contributed by atoms with Crippen molar-refractivity contribution in [3.8, 4) is 0 Å². The van der Waals surface area contributed by atoms with Gasteiger partial charge < -0.3 is 9.64 Å². The summed E-state index contributed by atoms with van der Waals surface area (Å²) >= 11 is 0. The third-order valence-corrected chi connectivity index (χ3v) is 4.36. The molecule has 1 saturated heterocycles. The van der Waals surface area contributed by atoms with Gasteiger partial charge in [0, 0.05) is 13.1 Å². The van der Waals surface area contributed by atoms with Crippen molar-refractivity contribution in [2.75, 3.05) is 13.1 Å². The van der Waals surface area contributed by atoms with Gasteiger partial charge >= 0.3 is 0 Å². The Kier molecular flexibility index (Phi) is 3.38. The number of likely N-dealkylation sites (tertiary alicyclic amines) is 1. The maximum Gasteiger partial charge on any atom is 0.276 e. The minimum atomic E-state index is -0.0369. The standard InChI is InChI=1S/C16H18N4O2/c21-16(19-8-4-5-9-19)15-13-11-22-14(10-20(13)18-17-15)12-6-2-1-3-7-12/h1-3,6-7,14H,4-5,8-11H2/t14-/m0/s1. The van der Waals surface area contributed by atoms with E-state index in [1.807, 2.05) is 39.9 Å². The smallest absolute Gasteiger partial charge is 0.276 e. The zero-order valence-corrected chi connectivity index (χ0v) is 12.3. The van der Waals surface area contributed by atoms with Crippen molar-refractivity contribution in [1.29, 1.82) is 0 Å². The molecule has 0 saturated carbocycles. The van der Waals surface area contributed by atoms with Gasteiger partial charge in [-0.25, -0.2) is 4.68 Å². The molecule has 6 nitrogen and oxygen atoms in total. The molecule has 114 valence electrons. The van der Waals surface area contributed by atoms with Crippen molar-refractivity contribution < 1.29 is 9.53 Å². The van der Waals surface area contributed by atoms with Crippen molar-refractivity contribution >= 4 is 5.91 Å². The highest BCUT2D eigenvalue weighted by Gasteiger charge is 2.30. The monoisotopic (exact) mass is 298 g/mol. The highest BCUT2D eigenvalue weighted by Crippen LogP contribution is 2.27. The number of ether oxygens (including phenoxy) is 1. The van der Waals surface area contributed by atoms with Crippen LogP contribution in [0, 0.1) is 0 Å². The lowest BCUT2D eigenvalue weighted by Crippen LogP contribution is -2.30. The Morgan fingerprint density at radius 1 is 1.18 bits per heavy atom. The minimum Gasteiger partial charge on any atom is -0.365 e. The van der Waals surface area contributed by atoms with E-state index in [9.17, 15) is 4.79 Å². The first kappa shape index (κ1) is 13.5. The SMILES string of the molecule is O=C(c1nnn2c1CO[C@H](c1ccccc1)C2)N1CCCC1. The summed E-state index contributed by atoms with van der Waals surface area (Å²) in [6, 6.07) is 10.1. The van der Waals surface area contributed by atoms with Crippen LogP contribution in [0.1, 0.15) is 40.7 Å². The molecule has 4 rings (SSSR count). The predicted octanol–water partition coefficient (Wildman–Crippen LogP) is 1.79. The fourth-order valence-corrected chi connectivity index (χ4v) is 3.12. The normalized spacial score (nSPS) is 20.9. The summed E-state index contributed by atoms with van der Waals surface area (Å²) in [5.41, 5.74) is 2.37. The molecule has 6 heteroatoms. The number of nitrogens with zero attached hydrogens (tertiary/aromatic N) is 4. The summed E-state index contributed by atoms with van der Waals surface area (Å²) in [6.45, 7) is 2.61. The topological polar surface area (TPSA) is 60.3 Å². The molecule has 1 aromatic carbocycles. The third kappa shape index (κ3) is 2.29. The first-order valence-electron chi connectivity index (χ1n) is 7.71. The van der Waals surface area contributed by atoms with Crippen LogP contribution < -0.4 is 0 Å². The Bertz CT molecular complexity index is 677. The van der Waals surface area contributed by atoms with Gasteiger partial charge in [-0.3, -0.25) is 4.79 Å². The Morgan fingerprint density at radius 3 is 2.73 bits per heavy atom. The van der Waals surface area contributed by atoms with Gasteiger partial charge in [-0.2, -0.15) is 0 Å². The van der Waals surface area contributed by atoms with Crippen molar-refractivity contribution in [3.63, 3.8) is 0 Å². The highest BCUT2D eigenvalue weighted by atomic mass is 16.5. The van der Waals surface area contributed by atoms with Crippen LogP contribution in [-0.4, -0.2) is 38.9 Å². The molecule has 0 N–H and O–H groups in total. The first-order valence-corrected chi connectivity index (χ1v) is 7.71. The Balaban J connectivity index is 1.56. The first-order chi connectivity index (χ1) is 10.8. The molecular weight excluding hydrogens is 280 g/mol. The summed E-state index contributed by atoms with van der Waals surface area (Å²) in [5, 5.41) is 8.28. The summed E-state index contributed by atoms with van der Waals surface area (Å²) in [7, 11) is 0. The molecule has 1 aromatic heterocycles. The van der Waals surface area contributed by atoms with Crippen LogP contribution in [0.5, 0.6) is 0 Å². The Hall–Kier alpha value is -2.21. The highest BCUT2D eigenvalue weighted by molar-refractivity contribution is 5.93. The lowest BCUT2D eigenvalue weighted by Gasteiger charge is -2.24. The third-order valence-electron chi connectivity index (χ3n) is 4.36. The average Bonchev–Trinajstić information content (AvgIpc) is 3.24. The molecule has 0 aliphatic carbocycles. The van der Waals surface area contributed by atoms with E-state index < -0.39 is 0 Å². The quantitative estimate of drug-likeness (QED) is 0.848. The molecule has 1 amide bonds. The van der Waals surface area contributed by atoms with Crippen LogP contribution in [0.3, 0.4) is 0 Å². The van der Waals surface area contributed by atoms with Crippen molar-refractivity contribution in [3.05, 3.63) is 47.3 Å². The van der Waals surface area contributed by atoms with Crippen LogP contribution in [-0.2, 0) is 17.9 Å². The van der Waals surface area contributed by atoms with E-state index in [0.29, 0.717) is 18.8 Å². The number of hydrogen-bond donors (Lipinski definition) is 0. The molecule has 2 aliphatic rings. The van der Waals surface area contributed by atoms with Crippen LogP contribution in [0.4, 0.5) is 0 Å². The van der Waals surface area contributed by atoms with E-state index in [4.69, 9.17) is 4.74 Å².